The van der Waals surface area contributed by atoms with E-state index < -0.39 is 29.6 Å². The van der Waals surface area contributed by atoms with E-state index in [1.807, 2.05) is 0 Å². The van der Waals surface area contributed by atoms with Gasteiger partial charge in [0.2, 0.25) is 0 Å². The summed E-state index contributed by atoms with van der Waals surface area (Å²) in [6, 6.07) is 0. The maximum atomic E-state index is 12.1. The van der Waals surface area contributed by atoms with Gasteiger partial charge >= 0.3 is 17.9 Å². The zero-order valence-electron chi connectivity index (χ0n) is 11.9. The quantitative estimate of drug-likeness (QED) is 0.557. The van der Waals surface area contributed by atoms with Crippen LogP contribution in [0.15, 0.2) is 21.5 Å². The number of hydrogen-bond acceptors (Lipinski definition) is 8. The summed E-state index contributed by atoms with van der Waals surface area (Å²) in [6.45, 7) is 4.54. The minimum Gasteiger partial charge on any atom is -0.466 e. The number of esters is 3. The molecule has 1 rings (SSSR count). The summed E-state index contributed by atoms with van der Waals surface area (Å²) in [4.78, 5) is 34.9. The predicted octanol–water partition coefficient (Wildman–Crippen LogP) is 0.763. The molecule has 8 heteroatoms. The summed E-state index contributed by atoms with van der Waals surface area (Å²) >= 11 is 0. The standard InChI is InChI=1S/C12H16N2O6/c1-6(9(15)18-4)20-10(16)7-8(11(17)19-5)13-14-12(7,2)3/h6H,1-5H3/t6-/m0/s1. The zero-order valence-corrected chi connectivity index (χ0v) is 11.9. The molecule has 0 aromatic carbocycles. The normalized spacial score (nSPS) is 17.6. The third kappa shape index (κ3) is 3.01. The second-order valence-electron chi connectivity index (χ2n) is 4.54. The molecular weight excluding hydrogens is 268 g/mol. The first-order valence-corrected chi connectivity index (χ1v) is 5.79. The Morgan fingerprint density at radius 2 is 1.70 bits per heavy atom. The summed E-state index contributed by atoms with van der Waals surface area (Å²) in [5.74, 6) is -2.36. The average Bonchev–Trinajstić information content (AvgIpc) is 2.72. The molecule has 0 spiro atoms. The fourth-order valence-electron chi connectivity index (χ4n) is 1.58. The molecule has 1 atom stereocenters. The van der Waals surface area contributed by atoms with Crippen LogP contribution in [0.5, 0.6) is 0 Å². The number of nitrogens with zero attached hydrogens (tertiary/aromatic N) is 2. The number of hydrogen-bond donors (Lipinski definition) is 0. The van der Waals surface area contributed by atoms with Gasteiger partial charge in [0.15, 0.2) is 11.8 Å². The molecule has 0 aliphatic carbocycles. The highest BCUT2D eigenvalue weighted by Crippen LogP contribution is 2.33. The minimum absolute atomic E-state index is 0.0555. The Bertz CT molecular complexity index is 506. The molecular formula is C12H16N2O6. The highest BCUT2D eigenvalue weighted by Gasteiger charge is 2.41. The van der Waals surface area contributed by atoms with Crippen LogP contribution in [0.1, 0.15) is 20.8 Å². The van der Waals surface area contributed by atoms with Crippen LogP contribution >= 0.6 is 0 Å². The van der Waals surface area contributed by atoms with E-state index >= 15 is 0 Å². The van der Waals surface area contributed by atoms with Crippen LogP contribution in [0.25, 0.3) is 0 Å². The van der Waals surface area contributed by atoms with Gasteiger partial charge in [-0.1, -0.05) is 0 Å². The van der Waals surface area contributed by atoms with E-state index in [0.29, 0.717) is 0 Å². The van der Waals surface area contributed by atoms with Gasteiger partial charge in [-0.15, -0.1) is 5.11 Å². The fourth-order valence-corrected chi connectivity index (χ4v) is 1.58. The van der Waals surface area contributed by atoms with E-state index in [2.05, 4.69) is 19.7 Å². The van der Waals surface area contributed by atoms with Crippen molar-refractivity contribution in [2.45, 2.75) is 32.4 Å². The van der Waals surface area contributed by atoms with Crippen LogP contribution < -0.4 is 0 Å². The summed E-state index contributed by atoms with van der Waals surface area (Å²) in [5, 5.41) is 7.47. The first-order chi connectivity index (χ1) is 9.24. The topological polar surface area (TPSA) is 104 Å². The maximum absolute atomic E-state index is 12.1. The highest BCUT2D eigenvalue weighted by atomic mass is 16.6. The van der Waals surface area contributed by atoms with E-state index in [-0.39, 0.29) is 11.3 Å². The molecule has 0 fully saturated rings. The first-order valence-electron chi connectivity index (χ1n) is 5.79. The Morgan fingerprint density at radius 1 is 1.10 bits per heavy atom. The molecule has 1 aliphatic rings. The Labute approximate surface area is 115 Å². The zero-order chi connectivity index (χ0) is 15.5. The molecule has 20 heavy (non-hydrogen) atoms. The number of carbonyl (C=O) groups is 3. The van der Waals surface area contributed by atoms with Gasteiger partial charge < -0.3 is 14.2 Å². The third-order valence-electron chi connectivity index (χ3n) is 2.65. The van der Waals surface area contributed by atoms with Crippen LogP contribution in [-0.2, 0) is 28.6 Å². The lowest BCUT2D eigenvalue weighted by molar-refractivity contribution is -0.162. The predicted molar refractivity (Wildman–Crippen MR) is 65.5 cm³/mol. The lowest BCUT2D eigenvalue weighted by Gasteiger charge is -2.18. The van der Waals surface area contributed by atoms with Gasteiger partial charge in [-0.25, -0.2) is 14.4 Å². The van der Waals surface area contributed by atoms with Crippen molar-refractivity contribution in [3.63, 3.8) is 0 Å². The molecule has 0 N–H and O–H groups in total. The maximum Gasteiger partial charge on any atom is 0.359 e. The van der Waals surface area contributed by atoms with Gasteiger partial charge in [0, 0.05) is 0 Å². The molecule has 0 radical (unpaired) electrons. The van der Waals surface area contributed by atoms with Crippen molar-refractivity contribution in [3.05, 3.63) is 11.3 Å². The van der Waals surface area contributed by atoms with Crippen molar-refractivity contribution >= 4 is 17.9 Å². The number of rotatable bonds is 4. The minimum atomic E-state index is -1.10. The van der Waals surface area contributed by atoms with Gasteiger partial charge in [0.25, 0.3) is 0 Å². The van der Waals surface area contributed by atoms with Crippen molar-refractivity contribution in [2.75, 3.05) is 14.2 Å². The highest BCUT2D eigenvalue weighted by molar-refractivity contribution is 6.02. The van der Waals surface area contributed by atoms with Crippen LogP contribution in [-0.4, -0.2) is 43.8 Å². The van der Waals surface area contributed by atoms with Crippen molar-refractivity contribution < 1.29 is 28.6 Å². The Hall–Kier alpha value is -2.25. The molecule has 0 aromatic heterocycles. The third-order valence-corrected chi connectivity index (χ3v) is 2.65. The average molecular weight is 284 g/mol. The van der Waals surface area contributed by atoms with Crippen LogP contribution in [0, 0.1) is 0 Å². The van der Waals surface area contributed by atoms with Gasteiger partial charge in [0.1, 0.15) is 11.1 Å². The molecule has 0 bridgehead atoms. The number of methoxy groups -OCH3 is 2. The van der Waals surface area contributed by atoms with Crippen molar-refractivity contribution in [2.24, 2.45) is 10.2 Å². The van der Waals surface area contributed by atoms with Crippen molar-refractivity contribution in [3.8, 4) is 0 Å². The van der Waals surface area contributed by atoms with Crippen molar-refractivity contribution in [1.82, 2.24) is 0 Å². The summed E-state index contributed by atoms with van der Waals surface area (Å²) < 4.78 is 13.9. The summed E-state index contributed by atoms with van der Waals surface area (Å²) in [6.07, 6.45) is -1.10. The monoisotopic (exact) mass is 284 g/mol. The van der Waals surface area contributed by atoms with E-state index in [1.54, 1.807) is 13.8 Å². The number of carbonyl (C=O) groups excluding carboxylic acids is 3. The van der Waals surface area contributed by atoms with E-state index in [1.165, 1.54) is 14.0 Å². The molecule has 8 nitrogen and oxygen atoms in total. The van der Waals surface area contributed by atoms with Gasteiger partial charge in [-0.05, 0) is 20.8 Å². The molecule has 1 aliphatic heterocycles. The smallest absolute Gasteiger partial charge is 0.359 e. The van der Waals surface area contributed by atoms with Gasteiger partial charge in [-0.2, -0.15) is 5.11 Å². The van der Waals surface area contributed by atoms with E-state index in [4.69, 9.17) is 4.74 Å². The van der Waals surface area contributed by atoms with Crippen molar-refractivity contribution in [1.29, 1.82) is 0 Å². The largest absolute Gasteiger partial charge is 0.466 e. The molecule has 0 aromatic rings. The van der Waals surface area contributed by atoms with Crippen LogP contribution in [0.3, 0.4) is 0 Å². The summed E-state index contributed by atoms with van der Waals surface area (Å²) in [7, 11) is 2.34. The molecule has 0 unspecified atom stereocenters. The Kier molecular flexibility index (Phi) is 4.59. The summed E-state index contributed by atoms with van der Waals surface area (Å²) in [5.41, 5.74) is -1.31. The SMILES string of the molecule is COC(=O)C1=C(C(=O)O[C@@H](C)C(=O)OC)C(C)(C)N=N1. The lowest BCUT2D eigenvalue weighted by atomic mass is 9.94. The molecule has 0 amide bonds. The van der Waals surface area contributed by atoms with Gasteiger partial charge in [-0.3, -0.25) is 0 Å². The fraction of sp³-hybridized carbons (Fsp3) is 0.583. The molecule has 1 heterocycles. The van der Waals surface area contributed by atoms with E-state index in [0.717, 1.165) is 7.11 Å². The van der Waals surface area contributed by atoms with Gasteiger partial charge in [0.05, 0.1) is 14.2 Å². The van der Waals surface area contributed by atoms with E-state index in [9.17, 15) is 14.4 Å². The lowest BCUT2D eigenvalue weighted by Crippen LogP contribution is -2.32. The Balaban J connectivity index is 3.04. The molecule has 0 saturated carbocycles. The number of azo groups is 1. The second-order valence-corrected chi connectivity index (χ2v) is 4.54. The molecule has 0 saturated heterocycles. The Morgan fingerprint density at radius 3 is 2.20 bits per heavy atom. The van der Waals surface area contributed by atoms with Crippen LogP contribution in [0.2, 0.25) is 0 Å². The second kappa shape index (κ2) is 5.81. The first kappa shape index (κ1) is 15.8. The molecule has 110 valence electrons. The number of ether oxygens (including phenoxy) is 3. The van der Waals surface area contributed by atoms with Crippen LogP contribution in [0.4, 0.5) is 0 Å².